The molecule has 0 spiro atoms. The number of benzene rings is 3. The van der Waals surface area contributed by atoms with Crippen LogP contribution in [0.5, 0.6) is 5.75 Å². The minimum Gasteiger partial charge on any atom is -0.423 e. The Morgan fingerprint density at radius 3 is 2.28 bits per heavy atom. The third-order valence-corrected chi connectivity index (χ3v) is 4.52. The van der Waals surface area contributed by atoms with Crippen molar-refractivity contribution < 1.29 is 19.2 Å². The number of nitro groups is 1. The van der Waals surface area contributed by atoms with Crippen LogP contribution < -0.4 is 15.9 Å². The normalized spacial score (nSPS) is 11.0. The molecule has 0 aliphatic rings. The number of carbonyl (C=O) groups excluding carboxylic acids is 2. The first-order valence-electron chi connectivity index (χ1n) is 9.56. The molecule has 0 atom stereocenters. The first-order chi connectivity index (χ1) is 15.4. The van der Waals surface area contributed by atoms with E-state index < -0.39 is 10.9 Å². The molecule has 3 rings (SSSR count). The van der Waals surface area contributed by atoms with Crippen LogP contribution in [0.1, 0.15) is 21.5 Å². The van der Waals surface area contributed by atoms with Crippen molar-refractivity contribution >= 4 is 28.8 Å². The summed E-state index contributed by atoms with van der Waals surface area (Å²) in [5.74, 6) is 4.70. The van der Waals surface area contributed by atoms with Gasteiger partial charge in [0, 0.05) is 23.4 Å². The summed E-state index contributed by atoms with van der Waals surface area (Å²) in [7, 11) is 0. The van der Waals surface area contributed by atoms with E-state index >= 15 is 0 Å². The minimum atomic E-state index is -0.668. The van der Waals surface area contributed by atoms with E-state index in [4.69, 9.17) is 10.6 Å². The van der Waals surface area contributed by atoms with Gasteiger partial charge in [-0.05, 0) is 61.0 Å². The first kappa shape index (κ1) is 22.2. The van der Waals surface area contributed by atoms with Gasteiger partial charge >= 0.3 is 5.97 Å². The average Bonchev–Trinajstić information content (AvgIpc) is 2.79. The van der Waals surface area contributed by atoms with Crippen LogP contribution in [0.25, 0.3) is 0 Å². The smallest absolute Gasteiger partial charge is 0.343 e. The van der Waals surface area contributed by atoms with Crippen LogP contribution >= 0.6 is 0 Å². The Kier molecular flexibility index (Phi) is 6.92. The molecule has 0 heterocycles. The molecule has 0 amide bonds. The van der Waals surface area contributed by atoms with Gasteiger partial charge in [0.1, 0.15) is 11.5 Å². The maximum Gasteiger partial charge on any atom is 0.343 e. The molecule has 3 aromatic rings. The molecule has 0 saturated heterocycles. The van der Waals surface area contributed by atoms with Gasteiger partial charge in [0.05, 0.1) is 17.0 Å². The summed E-state index contributed by atoms with van der Waals surface area (Å²) in [5.41, 5.74) is 2.47. The largest absolute Gasteiger partial charge is 0.423 e. The van der Waals surface area contributed by atoms with Crippen molar-refractivity contribution in [1.82, 2.24) is 0 Å². The Morgan fingerprint density at radius 2 is 1.69 bits per heavy atom. The van der Waals surface area contributed by atoms with E-state index in [1.54, 1.807) is 12.1 Å². The van der Waals surface area contributed by atoms with Gasteiger partial charge in [-0.1, -0.05) is 12.1 Å². The number of carbonyl (C=O) groups is 2. The van der Waals surface area contributed by atoms with Crippen LogP contribution in [-0.4, -0.2) is 28.9 Å². The summed E-state index contributed by atoms with van der Waals surface area (Å²) in [5, 5.41) is 17.4. The lowest BCUT2D eigenvalue weighted by molar-refractivity contribution is -0.384. The highest BCUT2D eigenvalue weighted by Crippen LogP contribution is 2.17. The average molecular weight is 432 g/mol. The van der Waals surface area contributed by atoms with Crippen molar-refractivity contribution in [3.05, 3.63) is 99.6 Å². The first-order valence-corrected chi connectivity index (χ1v) is 9.56. The van der Waals surface area contributed by atoms with E-state index in [-0.39, 0.29) is 35.0 Å². The molecule has 3 aromatic carbocycles. The third kappa shape index (κ3) is 5.54. The molecule has 0 bridgehead atoms. The molecule has 162 valence electrons. The highest BCUT2D eigenvalue weighted by Gasteiger charge is 2.15. The highest BCUT2D eigenvalue weighted by atomic mass is 16.6. The summed E-state index contributed by atoms with van der Waals surface area (Å²) in [6.07, 6.45) is 0. The fourth-order valence-corrected chi connectivity index (χ4v) is 2.89. The number of ether oxygens (including phenoxy) is 1. The summed E-state index contributed by atoms with van der Waals surface area (Å²) >= 11 is 0. The van der Waals surface area contributed by atoms with Gasteiger partial charge in [0.25, 0.3) is 5.69 Å². The standard InChI is InChI=1S/C23H20N4O5/c1-15-3-2-4-18(13-15)25-14-21(28)22(26-24)16-7-11-20(12-8-16)32-23(29)17-5-9-19(10-6-17)27(30)31/h2-13,25H,14,24H2,1H3/b26-22+. The van der Waals surface area contributed by atoms with E-state index in [2.05, 4.69) is 10.4 Å². The molecule has 0 fully saturated rings. The zero-order valence-corrected chi connectivity index (χ0v) is 17.1. The van der Waals surface area contributed by atoms with Gasteiger partial charge in [-0.25, -0.2) is 4.79 Å². The minimum absolute atomic E-state index is 0.0103. The van der Waals surface area contributed by atoms with Crippen LogP contribution in [0, 0.1) is 17.0 Å². The number of nitro benzene ring substituents is 1. The number of non-ortho nitro benzene ring substituents is 1. The number of Topliss-reactive ketones (excluding diaryl/α,β-unsaturated/α-hetero) is 1. The predicted molar refractivity (Wildman–Crippen MR) is 120 cm³/mol. The summed E-state index contributed by atoms with van der Waals surface area (Å²) in [6.45, 7) is 1.96. The van der Waals surface area contributed by atoms with Crippen molar-refractivity contribution in [2.45, 2.75) is 6.92 Å². The molecule has 0 radical (unpaired) electrons. The van der Waals surface area contributed by atoms with Crippen LogP contribution in [0.4, 0.5) is 11.4 Å². The molecule has 3 N–H and O–H groups in total. The molecule has 0 aliphatic heterocycles. The Balaban J connectivity index is 1.63. The van der Waals surface area contributed by atoms with E-state index in [1.165, 1.54) is 36.4 Å². The summed E-state index contributed by atoms with van der Waals surface area (Å²) < 4.78 is 5.27. The van der Waals surface area contributed by atoms with Crippen LogP contribution in [0.3, 0.4) is 0 Å². The fourth-order valence-electron chi connectivity index (χ4n) is 2.89. The van der Waals surface area contributed by atoms with Crippen molar-refractivity contribution in [3.63, 3.8) is 0 Å². The summed E-state index contributed by atoms with van der Waals surface area (Å²) in [4.78, 5) is 34.9. The molecule has 9 heteroatoms. The second kappa shape index (κ2) is 9.98. The Hall–Kier alpha value is -4.53. The summed E-state index contributed by atoms with van der Waals surface area (Å²) in [6, 6.07) is 18.8. The number of esters is 1. The van der Waals surface area contributed by atoms with Crippen molar-refractivity contribution in [2.75, 3.05) is 11.9 Å². The van der Waals surface area contributed by atoms with Gasteiger partial charge in [-0.2, -0.15) is 5.10 Å². The molecule has 9 nitrogen and oxygen atoms in total. The number of hydrogen-bond acceptors (Lipinski definition) is 8. The molecular weight excluding hydrogens is 412 g/mol. The van der Waals surface area contributed by atoms with E-state index in [0.717, 1.165) is 11.3 Å². The zero-order valence-electron chi connectivity index (χ0n) is 17.1. The molecule has 0 saturated carbocycles. The topological polar surface area (TPSA) is 137 Å². The van der Waals surface area contributed by atoms with Crippen LogP contribution in [-0.2, 0) is 4.79 Å². The second-order valence-electron chi connectivity index (χ2n) is 6.84. The van der Waals surface area contributed by atoms with Crippen molar-refractivity contribution in [1.29, 1.82) is 0 Å². The third-order valence-electron chi connectivity index (χ3n) is 4.52. The van der Waals surface area contributed by atoms with Crippen molar-refractivity contribution in [3.8, 4) is 5.75 Å². The predicted octanol–water partition coefficient (Wildman–Crippen LogP) is 3.47. The Morgan fingerprint density at radius 1 is 1.03 bits per heavy atom. The van der Waals surface area contributed by atoms with E-state index in [1.807, 2.05) is 31.2 Å². The number of nitrogens with one attached hydrogen (secondary N) is 1. The lowest BCUT2D eigenvalue weighted by atomic mass is 10.1. The van der Waals surface area contributed by atoms with Gasteiger partial charge in [0.15, 0.2) is 0 Å². The number of anilines is 1. The monoisotopic (exact) mass is 432 g/mol. The van der Waals surface area contributed by atoms with Crippen LogP contribution in [0.2, 0.25) is 0 Å². The number of nitrogens with two attached hydrogens (primary N) is 1. The number of hydrogen-bond donors (Lipinski definition) is 2. The van der Waals surface area contributed by atoms with Crippen LogP contribution in [0.15, 0.2) is 77.9 Å². The number of nitrogens with zero attached hydrogens (tertiary/aromatic N) is 2. The molecule has 0 aromatic heterocycles. The maximum absolute atomic E-state index is 12.5. The quantitative estimate of drug-likeness (QED) is 0.139. The zero-order chi connectivity index (χ0) is 23.1. The van der Waals surface area contributed by atoms with E-state index in [0.29, 0.717) is 5.56 Å². The molecule has 0 aliphatic carbocycles. The number of aryl methyl sites for hydroxylation is 1. The molecule has 0 unspecified atom stereocenters. The Bertz CT molecular complexity index is 1170. The van der Waals surface area contributed by atoms with E-state index in [9.17, 15) is 19.7 Å². The number of rotatable bonds is 8. The Labute approximate surface area is 183 Å². The lowest BCUT2D eigenvalue weighted by Gasteiger charge is -2.09. The van der Waals surface area contributed by atoms with Gasteiger partial charge in [0.2, 0.25) is 5.78 Å². The highest BCUT2D eigenvalue weighted by molar-refractivity contribution is 6.47. The lowest BCUT2D eigenvalue weighted by Crippen LogP contribution is -2.25. The molecule has 32 heavy (non-hydrogen) atoms. The van der Waals surface area contributed by atoms with Gasteiger partial charge in [-0.3, -0.25) is 14.9 Å². The van der Waals surface area contributed by atoms with Gasteiger partial charge < -0.3 is 15.9 Å². The fraction of sp³-hybridized carbons (Fsp3) is 0.0870. The molecular formula is C23H20N4O5. The van der Waals surface area contributed by atoms with Crippen molar-refractivity contribution in [2.24, 2.45) is 10.9 Å². The number of hydrazone groups is 1. The van der Waals surface area contributed by atoms with Gasteiger partial charge in [-0.15, -0.1) is 0 Å². The number of ketones is 1. The SMILES string of the molecule is Cc1cccc(NCC(=O)/C(=N/N)c2ccc(OC(=O)c3ccc([N+](=O)[O-])cc3)cc2)c1. The maximum atomic E-state index is 12.5. The second-order valence-corrected chi connectivity index (χ2v) is 6.84.